The number of aryl methyl sites for hydroxylation is 1. The molecule has 1 aliphatic carbocycles. The summed E-state index contributed by atoms with van der Waals surface area (Å²) >= 11 is 0. The zero-order chi connectivity index (χ0) is 48.5. The minimum absolute atomic E-state index is 0.0139. The number of fused-ring (bicyclic) bond motifs is 1. The number of carbonyl (C=O) groups excluding carboxylic acids is 2. The summed E-state index contributed by atoms with van der Waals surface area (Å²) in [6.45, 7) is 18.0. The SMILES string of the molecule is CC(C)(C)OC(=O)NC1CCC(N(C(=O)O)c2cc(CCCC(=O)NCc3ccc(CNCC(O[Si](C)(C)C(C)(C)C)c4ccc(O)c5[nH]c(=O)ccc45)cc3)ccc2-c2ccccc2)CC1. The number of anilines is 1. The molecule has 1 aromatic heterocycles. The number of phenols is 1. The number of phenolic OH excluding ortho intramolecular Hbond substituents is 1. The number of amides is 3. The van der Waals surface area contributed by atoms with Gasteiger partial charge in [0, 0.05) is 55.2 Å². The van der Waals surface area contributed by atoms with Crippen molar-refractivity contribution in [1.29, 1.82) is 0 Å². The van der Waals surface area contributed by atoms with Gasteiger partial charge in [-0.25, -0.2) is 9.59 Å². The van der Waals surface area contributed by atoms with Crippen molar-refractivity contribution in [3.05, 3.63) is 130 Å². The number of alkyl carbamates (subject to hydrolysis) is 1. The van der Waals surface area contributed by atoms with Gasteiger partial charge in [0.15, 0.2) is 8.32 Å². The van der Waals surface area contributed by atoms with Gasteiger partial charge in [-0.05, 0) is 123 Å². The van der Waals surface area contributed by atoms with Crippen LogP contribution >= 0.6 is 0 Å². The largest absolute Gasteiger partial charge is 0.506 e. The fourth-order valence-corrected chi connectivity index (χ4v) is 9.63. The van der Waals surface area contributed by atoms with Gasteiger partial charge in [0.2, 0.25) is 11.5 Å². The maximum absolute atomic E-state index is 13.1. The molecule has 0 spiro atoms. The van der Waals surface area contributed by atoms with Crippen molar-refractivity contribution in [2.45, 2.75) is 141 Å². The zero-order valence-electron chi connectivity index (χ0n) is 40.3. The van der Waals surface area contributed by atoms with Crippen molar-refractivity contribution < 1.29 is 33.8 Å². The molecule has 358 valence electrons. The van der Waals surface area contributed by atoms with Crippen molar-refractivity contribution in [2.24, 2.45) is 0 Å². The van der Waals surface area contributed by atoms with Crippen molar-refractivity contribution in [2.75, 3.05) is 11.4 Å². The van der Waals surface area contributed by atoms with E-state index in [1.54, 1.807) is 12.1 Å². The summed E-state index contributed by atoms with van der Waals surface area (Å²) in [5, 5.41) is 31.5. The second kappa shape index (κ2) is 21.8. The third-order valence-electron chi connectivity index (χ3n) is 12.9. The van der Waals surface area contributed by atoms with E-state index in [1.165, 1.54) is 11.0 Å². The smallest absolute Gasteiger partial charge is 0.412 e. The summed E-state index contributed by atoms with van der Waals surface area (Å²) < 4.78 is 12.4. The molecule has 13 nitrogen and oxygen atoms in total. The van der Waals surface area contributed by atoms with Crippen LogP contribution in [0.4, 0.5) is 15.3 Å². The molecular weight excluding hydrogens is 863 g/mol. The Hall–Kier alpha value is -5.96. The number of carbonyl (C=O) groups is 3. The third-order valence-corrected chi connectivity index (χ3v) is 17.4. The topological polar surface area (TPSA) is 182 Å². The summed E-state index contributed by atoms with van der Waals surface area (Å²) in [5.74, 6) is -0.0468. The molecule has 1 fully saturated rings. The molecule has 0 aliphatic heterocycles. The van der Waals surface area contributed by atoms with Crippen LogP contribution in [0.1, 0.15) is 108 Å². The van der Waals surface area contributed by atoms with E-state index in [0.717, 1.165) is 38.8 Å². The van der Waals surface area contributed by atoms with Crippen molar-refractivity contribution in [3.63, 3.8) is 0 Å². The van der Waals surface area contributed by atoms with Crippen LogP contribution in [0.15, 0.2) is 102 Å². The normalized spacial score (nSPS) is 16.0. The lowest BCUT2D eigenvalue weighted by atomic mass is 9.89. The number of aromatic amines is 1. The first-order valence-corrected chi connectivity index (χ1v) is 26.4. The predicted molar refractivity (Wildman–Crippen MR) is 268 cm³/mol. The third kappa shape index (κ3) is 13.8. The maximum atomic E-state index is 13.1. The summed E-state index contributed by atoms with van der Waals surface area (Å²) in [7, 11) is -2.23. The second-order valence-corrected chi connectivity index (χ2v) is 25.0. The van der Waals surface area contributed by atoms with Crippen molar-refractivity contribution in [1.82, 2.24) is 20.9 Å². The Balaban J connectivity index is 1.03. The standard InChI is InChI=1S/C53H69N5O8Si/c1-52(2,3)65-50(62)56-39-22-24-40(25-23-39)58(51(63)64)44-31-35(21-26-41(44)38-14-10-9-11-15-38)13-12-16-47(60)55-33-37-19-17-36(18-20-37)32-54-34-46(66-67(7,8)53(4,5)6)42-27-29-45(59)49-43(42)28-30-48(61)57-49/h9-11,14-15,17-21,26-31,39-40,46,54,59H,12-13,16,22-25,32-34H2,1-8H3,(H,55,60)(H,56,62)(H,57,61)(H,63,64). The summed E-state index contributed by atoms with van der Waals surface area (Å²) in [5.41, 5.74) is 5.75. The first-order valence-electron chi connectivity index (χ1n) is 23.5. The number of nitrogens with zero attached hydrogens (tertiary/aromatic N) is 1. The van der Waals surface area contributed by atoms with Gasteiger partial charge in [0.25, 0.3) is 0 Å². The van der Waals surface area contributed by atoms with Crippen molar-refractivity contribution >= 4 is 43.0 Å². The van der Waals surface area contributed by atoms with Crippen LogP contribution in [0, 0.1) is 0 Å². The molecule has 14 heteroatoms. The summed E-state index contributed by atoms with van der Waals surface area (Å²) in [4.78, 5) is 54.9. The van der Waals surface area contributed by atoms with Gasteiger partial charge in [-0.3, -0.25) is 14.5 Å². The van der Waals surface area contributed by atoms with E-state index in [1.807, 2.05) is 99.6 Å². The number of pyridine rings is 1. The number of aromatic nitrogens is 1. The highest BCUT2D eigenvalue weighted by molar-refractivity contribution is 6.74. The highest BCUT2D eigenvalue weighted by atomic mass is 28.4. The van der Waals surface area contributed by atoms with Crippen LogP contribution in [0.3, 0.4) is 0 Å². The highest BCUT2D eigenvalue weighted by Crippen LogP contribution is 2.41. The van der Waals surface area contributed by atoms with Gasteiger partial charge in [-0.2, -0.15) is 0 Å². The number of carboxylic acid groups (broad SMARTS) is 1. The molecule has 1 unspecified atom stereocenters. The maximum Gasteiger partial charge on any atom is 0.412 e. The van der Waals surface area contributed by atoms with Crippen LogP contribution < -0.4 is 26.4 Å². The molecule has 1 saturated carbocycles. The molecule has 5 aromatic rings. The lowest BCUT2D eigenvalue weighted by molar-refractivity contribution is -0.121. The number of hydrogen-bond acceptors (Lipinski definition) is 8. The fourth-order valence-electron chi connectivity index (χ4n) is 8.35. The molecule has 1 aliphatic rings. The van der Waals surface area contributed by atoms with Gasteiger partial charge < -0.3 is 40.3 Å². The molecule has 0 radical (unpaired) electrons. The minimum atomic E-state index is -2.23. The van der Waals surface area contributed by atoms with Gasteiger partial charge in [-0.15, -0.1) is 0 Å². The number of aromatic hydroxyl groups is 1. The van der Waals surface area contributed by atoms with Crippen LogP contribution in [0.2, 0.25) is 18.1 Å². The van der Waals surface area contributed by atoms with E-state index in [9.17, 15) is 29.4 Å². The van der Waals surface area contributed by atoms with Crippen LogP contribution in [0.5, 0.6) is 5.75 Å². The number of ether oxygens (including phenoxy) is 1. The van der Waals surface area contributed by atoms with E-state index in [2.05, 4.69) is 54.8 Å². The number of benzene rings is 4. The molecule has 0 saturated heterocycles. The second-order valence-electron chi connectivity index (χ2n) is 20.3. The number of H-pyrrole nitrogens is 1. The Morgan fingerprint density at radius 2 is 1.49 bits per heavy atom. The Morgan fingerprint density at radius 1 is 0.836 bits per heavy atom. The quantitative estimate of drug-likeness (QED) is 0.0494. The van der Waals surface area contributed by atoms with Gasteiger partial charge in [0.1, 0.15) is 11.4 Å². The Labute approximate surface area is 395 Å². The molecular formula is C53H69N5O8Si. The monoisotopic (exact) mass is 931 g/mol. The Kier molecular flexibility index (Phi) is 16.4. The van der Waals surface area contributed by atoms with Crippen LogP contribution in [0.25, 0.3) is 22.0 Å². The van der Waals surface area contributed by atoms with Crippen molar-refractivity contribution in [3.8, 4) is 16.9 Å². The molecule has 4 aromatic carbocycles. The van der Waals surface area contributed by atoms with E-state index in [0.29, 0.717) is 75.8 Å². The van der Waals surface area contributed by atoms with Crippen LogP contribution in [-0.2, 0) is 33.5 Å². The molecule has 6 rings (SSSR count). The molecule has 1 atom stereocenters. The first-order chi connectivity index (χ1) is 31.7. The minimum Gasteiger partial charge on any atom is -0.506 e. The molecule has 67 heavy (non-hydrogen) atoms. The average Bonchev–Trinajstić information content (AvgIpc) is 3.26. The molecule has 6 N–H and O–H groups in total. The average molecular weight is 932 g/mol. The van der Waals surface area contributed by atoms with Gasteiger partial charge in [-0.1, -0.05) is 93.6 Å². The van der Waals surface area contributed by atoms with E-state index in [4.69, 9.17) is 9.16 Å². The van der Waals surface area contributed by atoms with E-state index in [-0.39, 0.29) is 40.4 Å². The molecule has 3 amide bonds. The summed E-state index contributed by atoms with van der Waals surface area (Å²) in [6.07, 6.45) is 2.13. The van der Waals surface area contributed by atoms with E-state index < -0.39 is 26.1 Å². The Morgan fingerprint density at radius 3 is 2.13 bits per heavy atom. The lowest BCUT2D eigenvalue weighted by Crippen LogP contribution is -2.47. The number of hydrogen-bond donors (Lipinski definition) is 6. The number of rotatable bonds is 17. The molecule has 1 heterocycles. The lowest BCUT2D eigenvalue weighted by Gasteiger charge is -2.39. The highest BCUT2D eigenvalue weighted by Gasteiger charge is 2.40. The van der Waals surface area contributed by atoms with Gasteiger partial charge >= 0.3 is 12.2 Å². The van der Waals surface area contributed by atoms with E-state index >= 15 is 0 Å². The Bertz CT molecular complexity index is 2540. The molecule has 0 bridgehead atoms. The predicted octanol–water partition coefficient (Wildman–Crippen LogP) is 10.7. The fraction of sp³-hybridized carbons (Fsp3) is 0.434. The zero-order valence-corrected chi connectivity index (χ0v) is 41.3. The number of nitrogens with one attached hydrogen (secondary N) is 4. The first kappa shape index (κ1) is 50.4. The summed E-state index contributed by atoms with van der Waals surface area (Å²) in [6, 6.07) is 30.2. The van der Waals surface area contributed by atoms with Gasteiger partial charge in [0.05, 0.1) is 17.3 Å². The van der Waals surface area contributed by atoms with Crippen LogP contribution in [-0.4, -0.2) is 65.8 Å².